The predicted octanol–water partition coefficient (Wildman–Crippen LogP) is 1.41. The second kappa shape index (κ2) is 6.30. The first-order valence-corrected chi connectivity index (χ1v) is 6.95. The lowest BCUT2D eigenvalue weighted by Gasteiger charge is -2.29. The van der Waals surface area contributed by atoms with Crippen LogP contribution in [0.15, 0.2) is 0 Å². The van der Waals surface area contributed by atoms with E-state index >= 15 is 0 Å². The molecular formula is C14H24N4O. The number of ether oxygens (including phenoxy) is 1. The van der Waals surface area contributed by atoms with Gasteiger partial charge in [0.25, 0.3) is 0 Å². The van der Waals surface area contributed by atoms with Crippen LogP contribution in [0.3, 0.4) is 0 Å². The van der Waals surface area contributed by atoms with Gasteiger partial charge in [-0.1, -0.05) is 0 Å². The summed E-state index contributed by atoms with van der Waals surface area (Å²) in [7, 11) is 2.08. The van der Waals surface area contributed by atoms with Gasteiger partial charge in [-0.15, -0.1) is 5.10 Å². The molecule has 2 N–H and O–H groups in total. The fourth-order valence-corrected chi connectivity index (χ4v) is 2.60. The van der Waals surface area contributed by atoms with E-state index in [4.69, 9.17) is 10.5 Å². The first-order chi connectivity index (χ1) is 9.13. The Morgan fingerprint density at radius 1 is 1.26 bits per heavy atom. The fourth-order valence-electron chi connectivity index (χ4n) is 2.60. The van der Waals surface area contributed by atoms with Crippen LogP contribution in [0, 0.1) is 19.8 Å². The second-order valence-electron chi connectivity index (χ2n) is 5.35. The van der Waals surface area contributed by atoms with Gasteiger partial charge in [-0.05, 0) is 38.2 Å². The Labute approximate surface area is 115 Å². The van der Waals surface area contributed by atoms with Crippen LogP contribution in [0.25, 0.3) is 0 Å². The zero-order valence-electron chi connectivity index (χ0n) is 12.1. The molecule has 1 aromatic rings. The molecule has 1 aliphatic heterocycles. The Kier molecular flexibility index (Phi) is 4.71. The molecule has 0 unspecified atom stereocenters. The smallest absolute Gasteiger partial charge is 0.155 e. The van der Waals surface area contributed by atoms with Crippen LogP contribution in [0.1, 0.15) is 29.7 Å². The molecule has 1 aliphatic rings. The minimum Gasteiger partial charge on any atom is -0.381 e. The molecule has 0 bridgehead atoms. The summed E-state index contributed by atoms with van der Waals surface area (Å²) in [5.41, 5.74) is 9.11. The highest BCUT2D eigenvalue weighted by Gasteiger charge is 2.19. The summed E-state index contributed by atoms with van der Waals surface area (Å²) in [4.78, 5) is 2.19. The van der Waals surface area contributed by atoms with E-state index in [9.17, 15) is 0 Å². The van der Waals surface area contributed by atoms with Crippen molar-refractivity contribution < 1.29 is 4.74 Å². The fraction of sp³-hybridized carbons (Fsp3) is 0.714. The molecule has 0 saturated carbocycles. The monoisotopic (exact) mass is 264 g/mol. The molecule has 0 amide bonds. The van der Waals surface area contributed by atoms with Gasteiger partial charge in [0.1, 0.15) is 0 Å². The number of rotatable bonds is 4. The van der Waals surface area contributed by atoms with Crippen molar-refractivity contribution in [3.63, 3.8) is 0 Å². The van der Waals surface area contributed by atoms with E-state index in [0.717, 1.165) is 55.2 Å². The van der Waals surface area contributed by atoms with Gasteiger partial charge in [0.2, 0.25) is 0 Å². The van der Waals surface area contributed by atoms with Gasteiger partial charge in [-0.2, -0.15) is 5.10 Å². The summed E-state index contributed by atoms with van der Waals surface area (Å²) < 4.78 is 5.40. The molecule has 1 aromatic heterocycles. The highest BCUT2D eigenvalue weighted by atomic mass is 16.5. The third-order valence-electron chi connectivity index (χ3n) is 4.00. The lowest BCUT2D eigenvalue weighted by atomic mass is 9.99. The van der Waals surface area contributed by atoms with Crippen LogP contribution in [0.4, 0.5) is 5.82 Å². The van der Waals surface area contributed by atoms with Gasteiger partial charge in [0, 0.05) is 38.9 Å². The molecule has 2 rings (SSSR count). The van der Waals surface area contributed by atoms with E-state index < -0.39 is 0 Å². The Hall–Kier alpha value is -1.20. The summed E-state index contributed by atoms with van der Waals surface area (Å²) in [6.07, 6.45) is 2.25. The Bertz CT molecular complexity index is 430. The number of aromatic nitrogens is 2. The maximum Gasteiger partial charge on any atom is 0.155 e. The van der Waals surface area contributed by atoms with Crippen molar-refractivity contribution in [3.05, 3.63) is 16.8 Å². The van der Waals surface area contributed by atoms with E-state index in [1.54, 1.807) is 0 Å². The maximum atomic E-state index is 5.88. The zero-order chi connectivity index (χ0) is 13.8. The molecule has 19 heavy (non-hydrogen) atoms. The molecule has 5 nitrogen and oxygen atoms in total. The molecule has 0 aliphatic carbocycles. The molecule has 2 heterocycles. The van der Waals surface area contributed by atoms with Crippen molar-refractivity contribution in [2.24, 2.45) is 11.7 Å². The largest absolute Gasteiger partial charge is 0.381 e. The number of aryl methyl sites for hydroxylation is 1. The van der Waals surface area contributed by atoms with Crippen molar-refractivity contribution in [1.29, 1.82) is 0 Å². The quantitative estimate of drug-likeness (QED) is 0.891. The third-order valence-corrected chi connectivity index (χ3v) is 4.00. The average molecular weight is 264 g/mol. The minimum absolute atomic E-state index is 0.510. The molecule has 0 radical (unpaired) electrons. The Balaban J connectivity index is 2.13. The normalized spacial score (nSPS) is 16.6. The molecule has 5 heteroatoms. The number of nitrogens with zero attached hydrogens (tertiary/aromatic N) is 3. The van der Waals surface area contributed by atoms with Gasteiger partial charge >= 0.3 is 0 Å². The van der Waals surface area contributed by atoms with E-state index in [-0.39, 0.29) is 0 Å². The third kappa shape index (κ3) is 3.22. The van der Waals surface area contributed by atoms with Crippen LogP contribution < -0.4 is 10.6 Å². The molecular weight excluding hydrogens is 240 g/mol. The lowest BCUT2D eigenvalue weighted by molar-refractivity contribution is 0.0684. The number of hydrogen-bond acceptors (Lipinski definition) is 5. The van der Waals surface area contributed by atoms with E-state index in [0.29, 0.717) is 12.5 Å². The van der Waals surface area contributed by atoms with Crippen molar-refractivity contribution in [3.8, 4) is 0 Å². The van der Waals surface area contributed by atoms with Crippen molar-refractivity contribution >= 4 is 5.82 Å². The maximum absolute atomic E-state index is 5.88. The zero-order valence-corrected chi connectivity index (χ0v) is 12.1. The van der Waals surface area contributed by atoms with Crippen LogP contribution >= 0.6 is 0 Å². The number of nitrogens with two attached hydrogens (primary N) is 1. The highest BCUT2D eigenvalue weighted by Crippen LogP contribution is 2.23. The highest BCUT2D eigenvalue weighted by molar-refractivity contribution is 5.50. The number of hydrogen-bond donors (Lipinski definition) is 1. The SMILES string of the molecule is Cc1nnc(N(C)CC2CCOCC2)c(CN)c1C. The van der Waals surface area contributed by atoms with Crippen LogP contribution in [-0.4, -0.2) is 37.0 Å². The molecule has 1 fully saturated rings. The van der Waals surface area contributed by atoms with Gasteiger partial charge in [-0.3, -0.25) is 0 Å². The van der Waals surface area contributed by atoms with Gasteiger partial charge in [0.05, 0.1) is 5.69 Å². The molecule has 0 aromatic carbocycles. The Morgan fingerprint density at radius 2 is 1.95 bits per heavy atom. The lowest BCUT2D eigenvalue weighted by Crippen LogP contribution is -2.31. The summed E-state index contributed by atoms with van der Waals surface area (Å²) in [6, 6.07) is 0. The second-order valence-corrected chi connectivity index (χ2v) is 5.35. The molecule has 106 valence electrons. The van der Waals surface area contributed by atoms with Crippen molar-refractivity contribution in [2.45, 2.75) is 33.2 Å². The number of anilines is 1. The first-order valence-electron chi connectivity index (χ1n) is 6.95. The van der Waals surface area contributed by atoms with Crippen LogP contribution in [-0.2, 0) is 11.3 Å². The summed E-state index contributed by atoms with van der Waals surface area (Å²) in [5.74, 6) is 1.60. The summed E-state index contributed by atoms with van der Waals surface area (Å²) in [6.45, 7) is 7.30. The van der Waals surface area contributed by atoms with Crippen LogP contribution in [0.2, 0.25) is 0 Å². The minimum atomic E-state index is 0.510. The average Bonchev–Trinajstić information content (AvgIpc) is 2.42. The van der Waals surface area contributed by atoms with Crippen molar-refractivity contribution in [2.75, 3.05) is 31.7 Å². The molecule has 1 saturated heterocycles. The van der Waals surface area contributed by atoms with Gasteiger partial charge < -0.3 is 15.4 Å². The predicted molar refractivity (Wildman–Crippen MR) is 76.2 cm³/mol. The summed E-state index contributed by atoms with van der Waals surface area (Å²) in [5, 5.41) is 8.57. The molecule has 0 atom stereocenters. The van der Waals surface area contributed by atoms with E-state index in [1.165, 1.54) is 0 Å². The van der Waals surface area contributed by atoms with Gasteiger partial charge in [0.15, 0.2) is 5.82 Å². The van der Waals surface area contributed by atoms with E-state index in [2.05, 4.69) is 29.1 Å². The summed E-state index contributed by atoms with van der Waals surface area (Å²) >= 11 is 0. The molecule has 0 spiro atoms. The standard InChI is InChI=1S/C14H24N4O/c1-10-11(2)16-17-14(13(10)8-15)18(3)9-12-4-6-19-7-5-12/h12H,4-9,15H2,1-3H3. The van der Waals surface area contributed by atoms with Gasteiger partial charge in [-0.25, -0.2) is 0 Å². The van der Waals surface area contributed by atoms with Crippen molar-refractivity contribution in [1.82, 2.24) is 10.2 Å². The topological polar surface area (TPSA) is 64.3 Å². The first kappa shape index (κ1) is 14.2. The van der Waals surface area contributed by atoms with E-state index in [1.807, 2.05) is 6.92 Å². The Morgan fingerprint density at radius 3 is 2.58 bits per heavy atom. The van der Waals surface area contributed by atoms with Crippen LogP contribution in [0.5, 0.6) is 0 Å².